The Morgan fingerprint density at radius 2 is 2.00 bits per heavy atom. The molecule has 0 fully saturated rings. The lowest BCUT2D eigenvalue weighted by atomic mass is 10.2. The molecule has 27 heavy (non-hydrogen) atoms. The minimum atomic E-state index is -0.212. The highest BCUT2D eigenvalue weighted by atomic mass is 16.5. The van der Waals surface area contributed by atoms with Crippen LogP contribution in [-0.4, -0.2) is 24.0 Å². The van der Waals surface area contributed by atoms with Gasteiger partial charge in [-0.05, 0) is 43.7 Å². The predicted molar refractivity (Wildman–Crippen MR) is 105 cm³/mol. The molecule has 2 aromatic carbocycles. The molecule has 0 atom stereocenters. The summed E-state index contributed by atoms with van der Waals surface area (Å²) in [5, 5.41) is 4.85. The second-order valence-corrected chi connectivity index (χ2v) is 6.44. The molecular formula is C22H20N2O3. The Kier molecular flexibility index (Phi) is 4.75. The number of hydrogen-bond acceptors (Lipinski definition) is 4. The Hall–Kier alpha value is -3.34. The molecule has 136 valence electrons. The van der Waals surface area contributed by atoms with Crippen molar-refractivity contribution >= 4 is 27.8 Å². The zero-order chi connectivity index (χ0) is 18.6. The van der Waals surface area contributed by atoms with Crippen LogP contribution >= 0.6 is 0 Å². The molecule has 0 aliphatic rings. The van der Waals surface area contributed by atoms with E-state index in [0.29, 0.717) is 25.3 Å². The number of amides is 1. The Morgan fingerprint density at radius 3 is 2.93 bits per heavy atom. The molecule has 5 heteroatoms. The van der Waals surface area contributed by atoms with Crippen molar-refractivity contribution in [1.82, 2.24) is 10.3 Å². The SMILES string of the molecule is Cc1ccc2oc(C(=O)NCCCOc3cccc4cccnc34)cc2c1. The van der Waals surface area contributed by atoms with Crippen molar-refractivity contribution in [2.75, 3.05) is 13.2 Å². The van der Waals surface area contributed by atoms with E-state index in [9.17, 15) is 4.79 Å². The van der Waals surface area contributed by atoms with Crippen LogP contribution in [0.15, 0.2) is 65.2 Å². The van der Waals surface area contributed by atoms with Crippen molar-refractivity contribution < 1.29 is 13.9 Å². The standard InChI is InChI=1S/C22H20N2O3/c1-15-8-9-18-17(13-15)14-20(27-18)22(25)24-11-4-12-26-19-7-2-5-16-6-3-10-23-21(16)19/h2-3,5-10,13-14H,4,11-12H2,1H3,(H,24,25). The van der Waals surface area contributed by atoms with Crippen molar-refractivity contribution in [2.45, 2.75) is 13.3 Å². The lowest BCUT2D eigenvalue weighted by Crippen LogP contribution is -2.25. The number of carbonyl (C=O) groups excluding carboxylic acids is 1. The van der Waals surface area contributed by atoms with Crippen LogP contribution in [0.5, 0.6) is 5.75 Å². The molecule has 1 N–H and O–H groups in total. The maximum atomic E-state index is 12.3. The van der Waals surface area contributed by atoms with Gasteiger partial charge in [-0.2, -0.15) is 0 Å². The average Bonchev–Trinajstić information content (AvgIpc) is 3.11. The molecule has 2 aromatic heterocycles. The van der Waals surface area contributed by atoms with E-state index < -0.39 is 0 Å². The first-order chi connectivity index (χ1) is 13.2. The minimum Gasteiger partial charge on any atom is -0.491 e. The third-order valence-electron chi connectivity index (χ3n) is 4.36. The van der Waals surface area contributed by atoms with Gasteiger partial charge in [0.25, 0.3) is 5.91 Å². The molecular weight excluding hydrogens is 340 g/mol. The van der Waals surface area contributed by atoms with Gasteiger partial charge in [-0.3, -0.25) is 9.78 Å². The fourth-order valence-corrected chi connectivity index (χ4v) is 3.01. The lowest BCUT2D eigenvalue weighted by Gasteiger charge is -2.08. The molecule has 4 aromatic rings. The lowest BCUT2D eigenvalue weighted by molar-refractivity contribution is 0.0926. The van der Waals surface area contributed by atoms with Crippen molar-refractivity contribution in [1.29, 1.82) is 0 Å². The van der Waals surface area contributed by atoms with Gasteiger partial charge in [0.05, 0.1) is 6.61 Å². The van der Waals surface area contributed by atoms with E-state index in [4.69, 9.17) is 9.15 Å². The predicted octanol–water partition coefficient (Wildman–Crippen LogP) is 4.49. The Morgan fingerprint density at radius 1 is 1.11 bits per heavy atom. The zero-order valence-electron chi connectivity index (χ0n) is 15.1. The molecule has 4 rings (SSSR count). The number of carbonyl (C=O) groups is 1. The van der Waals surface area contributed by atoms with Gasteiger partial charge in [0.1, 0.15) is 16.8 Å². The molecule has 0 bridgehead atoms. The number of para-hydroxylation sites is 1. The topological polar surface area (TPSA) is 64.4 Å². The fourth-order valence-electron chi connectivity index (χ4n) is 3.01. The summed E-state index contributed by atoms with van der Waals surface area (Å²) >= 11 is 0. The molecule has 0 radical (unpaired) electrons. The van der Waals surface area contributed by atoms with Crippen molar-refractivity contribution in [2.24, 2.45) is 0 Å². The van der Waals surface area contributed by atoms with Crippen molar-refractivity contribution in [3.05, 3.63) is 72.1 Å². The molecule has 0 aliphatic carbocycles. The maximum absolute atomic E-state index is 12.3. The average molecular weight is 360 g/mol. The van der Waals surface area contributed by atoms with Gasteiger partial charge < -0.3 is 14.5 Å². The van der Waals surface area contributed by atoms with E-state index in [-0.39, 0.29) is 5.91 Å². The first-order valence-corrected chi connectivity index (χ1v) is 8.96. The van der Waals surface area contributed by atoms with E-state index in [1.165, 1.54) is 0 Å². The highest BCUT2D eigenvalue weighted by molar-refractivity contribution is 5.96. The highest BCUT2D eigenvalue weighted by Crippen LogP contribution is 2.23. The second kappa shape index (κ2) is 7.50. The first kappa shape index (κ1) is 17.1. The molecule has 0 unspecified atom stereocenters. The van der Waals surface area contributed by atoms with Gasteiger partial charge in [-0.25, -0.2) is 0 Å². The smallest absolute Gasteiger partial charge is 0.287 e. The summed E-state index contributed by atoms with van der Waals surface area (Å²) in [6, 6.07) is 17.4. The number of nitrogens with one attached hydrogen (secondary N) is 1. The molecule has 0 aliphatic heterocycles. The molecule has 0 spiro atoms. The van der Waals surface area contributed by atoms with E-state index in [0.717, 1.165) is 33.2 Å². The van der Waals surface area contributed by atoms with Gasteiger partial charge in [-0.15, -0.1) is 0 Å². The van der Waals surface area contributed by atoms with Crippen LogP contribution in [0.4, 0.5) is 0 Å². The van der Waals surface area contributed by atoms with Gasteiger partial charge in [0.15, 0.2) is 5.76 Å². The van der Waals surface area contributed by atoms with Crippen LogP contribution in [0.1, 0.15) is 22.5 Å². The van der Waals surface area contributed by atoms with Crippen LogP contribution in [0, 0.1) is 6.92 Å². The second-order valence-electron chi connectivity index (χ2n) is 6.44. The Bertz CT molecular complexity index is 1100. The third-order valence-corrected chi connectivity index (χ3v) is 4.36. The summed E-state index contributed by atoms with van der Waals surface area (Å²) in [4.78, 5) is 16.6. The fraction of sp³-hybridized carbons (Fsp3) is 0.182. The van der Waals surface area contributed by atoms with Crippen molar-refractivity contribution in [3.8, 4) is 5.75 Å². The number of pyridine rings is 1. The molecule has 1 amide bonds. The number of rotatable bonds is 6. The van der Waals surface area contributed by atoms with Crippen LogP contribution in [0.2, 0.25) is 0 Å². The van der Waals surface area contributed by atoms with E-state index in [2.05, 4.69) is 10.3 Å². The van der Waals surface area contributed by atoms with Gasteiger partial charge in [0, 0.05) is 23.5 Å². The minimum absolute atomic E-state index is 0.212. The molecule has 0 saturated carbocycles. The quantitative estimate of drug-likeness (QED) is 0.515. The van der Waals surface area contributed by atoms with Crippen LogP contribution in [0.3, 0.4) is 0 Å². The van der Waals surface area contributed by atoms with E-state index in [1.807, 2.05) is 55.5 Å². The summed E-state index contributed by atoms with van der Waals surface area (Å²) in [6.45, 7) is 3.01. The van der Waals surface area contributed by atoms with E-state index in [1.54, 1.807) is 12.3 Å². The summed E-state index contributed by atoms with van der Waals surface area (Å²) in [5.41, 5.74) is 2.70. The van der Waals surface area contributed by atoms with Gasteiger partial charge in [-0.1, -0.05) is 29.8 Å². The highest BCUT2D eigenvalue weighted by Gasteiger charge is 2.11. The number of nitrogens with zero attached hydrogens (tertiary/aromatic N) is 1. The Balaban J connectivity index is 1.30. The largest absolute Gasteiger partial charge is 0.491 e. The third kappa shape index (κ3) is 3.77. The molecule has 2 heterocycles. The zero-order valence-corrected chi connectivity index (χ0v) is 15.1. The normalized spacial score (nSPS) is 11.0. The van der Waals surface area contributed by atoms with Gasteiger partial charge in [0.2, 0.25) is 0 Å². The summed E-state index contributed by atoms with van der Waals surface area (Å²) in [7, 11) is 0. The van der Waals surface area contributed by atoms with Crippen LogP contribution < -0.4 is 10.1 Å². The van der Waals surface area contributed by atoms with Crippen LogP contribution in [-0.2, 0) is 0 Å². The van der Waals surface area contributed by atoms with Crippen molar-refractivity contribution in [3.63, 3.8) is 0 Å². The number of hydrogen-bond donors (Lipinski definition) is 1. The van der Waals surface area contributed by atoms with Crippen LogP contribution in [0.25, 0.3) is 21.9 Å². The number of benzene rings is 2. The first-order valence-electron chi connectivity index (χ1n) is 8.96. The number of fused-ring (bicyclic) bond motifs is 2. The summed E-state index contributed by atoms with van der Waals surface area (Å²) in [5.74, 6) is 0.873. The number of aryl methyl sites for hydroxylation is 1. The summed E-state index contributed by atoms with van der Waals surface area (Å²) in [6.07, 6.45) is 2.44. The summed E-state index contributed by atoms with van der Waals surface area (Å²) < 4.78 is 11.4. The Labute approximate surface area is 157 Å². The number of ether oxygens (including phenoxy) is 1. The molecule has 5 nitrogen and oxygen atoms in total. The maximum Gasteiger partial charge on any atom is 0.287 e. The monoisotopic (exact) mass is 360 g/mol. The number of furan rings is 1. The molecule has 0 saturated heterocycles. The number of aromatic nitrogens is 1. The van der Waals surface area contributed by atoms with E-state index >= 15 is 0 Å². The van der Waals surface area contributed by atoms with Gasteiger partial charge >= 0.3 is 0 Å².